The second kappa shape index (κ2) is 7.10. The van der Waals surface area contributed by atoms with Crippen LogP contribution in [-0.2, 0) is 0 Å². The molecule has 2 aromatic rings. The van der Waals surface area contributed by atoms with E-state index in [0.717, 1.165) is 11.1 Å². The van der Waals surface area contributed by atoms with E-state index in [0.29, 0.717) is 26.0 Å². The van der Waals surface area contributed by atoms with Crippen molar-refractivity contribution in [3.63, 3.8) is 0 Å². The number of rotatable bonds is 4. The molecule has 2 nitrogen and oxygen atoms in total. The Morgan fingerprint density at radius 2 is 1.71 bits per heavy atom. The predicted octanol–water partition coefficient (Wildman–Crippen LogP) is 6.10. The summed E-state index contributed by atoms with van der Waals surface area (Å²) in [7, 11) is 3.16. The van der Waals surface area contributed by atoms with E-state index in [1.807, 2.05) is 24.3 Å². The predicted molar refractivity (Wildman–Crippen MR) is 91.4 cm³/mol. The molecule has 0 spiro atoms. The van der Waals surface area contributed by atoms with E-state index in [2.05, 4.69) is 15.9 Å². The van der Waals surface area contributed by atoms with Gasteiger partial charge in [0.2, 0.25) is 0 Å². The van der Waals surface area contributed by atoms with Gasteiger partial charge in [-0.25, -0.2) is 0 Å². The molecule has 0 heterocycles. The Hall–Kier alpha value is -0.610. The zero-order valence-corrected chi connectivity index (χ0v) is 15.1. The van der Waals surface area contributed by atoms with Crippen LogP contribution in [0, 0.1) is 0 Å². The zero-order valence-electron chi connectivity index (χ0n) is 11.3. The highest BCUT2D eigenvalue weighted by atomic mass is 79.9. The molecule has 0 saturated carbocycles. The summed E-state index contributed by atoms with van der Waals surface area (Å²) in [6, 6.07) is 9.03. The van der Waals surface area contributed by atoms with Crippen LogP contribution >= 0.6 is 50.7 Å². The Morgan fingerprint density at radius 3 is 2.33 bits per heavy atom. The van der Waals surface area contributed by atoms with E-state index in [-0.39, 0.29) is 0 Å². The van der Waals surface area contributed by atoms with E-state index in [1.165, 1.54) is 0 Å². The van der Waals surface area contributed by atoms with Crippen LogP contribution in [0.4, 0.5) is 0 Å². The molecular formula is C15H12BrCl3O2. The van der Waals surface area contributed by atoms with Gasteiger partial charge in [-0.1, -0.05) is 35.3 Å². The molecule has 2 rings (SSSR count). The van der Waals surface area contributed by atoms with Gasteiger partial charge in [-0.05, 0) is 39.7 Å². The third-order valence-electron chi connectivity index (χ3n) is 3.04. The Kier molecular flexibility index (Phi) is 5.67. The highest BCUT2D eigenvalue weighted by Crippen LogP contribution is 2.45. The van der Waals surface area contributed by atoms with Crippen LogP contribution in [0.25, 0.3) is 0 Å². The first-order chi connectivity index (χ1) is 10.0. The summed E-state index contributed by atoms with van der Waals surface area (Å²) in [4.78, 5) is 0. The number of alkyl halides is 1. The van der Waals surface area contributed by atoms with Gasteiger partial charge in [-0.15, -0.1) is 11.6 Å². The molecule has 0 saturated heterocycles. The third-order valence-corrected chi connectivity index (χ3v) is 5.10. The van der Waals surface area contributed by atoms with Crippen molar-refractivity contribution in [2.75, 3.05) is 14.2 Å². The van der Waals surface area contributed by atoms with Crippen molar-refractivity contribution in [1.82, 2.24) is 0 Å². The Labute approximate surface area is 147 Å². The van der Waals surface area contributed by atoms with E-state index in [4.69, 9.17) is 44.3 Å². The second-order valence-electron chi connectivity index (χ2n) is 4.21. The standard InChI is InChI=1S/C15H12BrCl3O2/c1-20-11-7-6-9(15(21-2)12(11)16)13(18)8-4-3-5-10(17)14(8)19/h3-7,13H,1-2H3. The molecule has 0 bridgehead atoms. The molecule has 0 fully saturated rings. The summed E-state index contributed by atoms with van der Waals surface area (Å²) in [6.07, 6.45) is 0. The average Bonchev–Trinajstić information content (AvgIpc) is 2.49. The maximum Gasteiger partial charge on any atom is 0.141 e. The number of methoxy groups -OCH3 is 2. The maximum absolute atomic E-state index is 6.58. The van der Waals surface area contributed by atoms with Crippen LogP contribution in [0.2, 0.25) is 10.0 Å². The van der Waals surface area contributed by atoms with Crippen LogP contribution < -0.4 is 9.47 Å². The first kappa shape index (κ1) is 16.8. The molecule has 0 aliphatic carbocycles. The molecule has 0 aliphatic heterocycles. The minimum absolute atomic E-state index is 0.438. The van der Waals surface area contributed by atoms with Gasteiger partial charge in [0.25, 0.3) is 0 Å². The molecule has 0 N–H and O–H groups in total. The highest BCUT2D eigenvalue weighted by Gasteiger charge is 2.22. The molecule has 0 aliphatic rings. The molecule has 1 unspecified atom stereocenters. The van der Waals surface area contributed by atoms with Crippen LogP contribution in [0.15, 0.2) is 34.8 Å². The third kappa shape index (κ3) is 3.26. The summed E-state index contributed by atoms with van der Waals surface area (Å²) < 4.78 is 11.4. The lowest BCUT2D eigenvalue weighted by molar-refractivity contribution is 0.386. The summed E-state index contributed by atoms with van der Waals surface area (Å²) in [5.74, 6) is 1.27. The van der Waals surface area contributed by atoms with Crippen LogP contribution in [0.3, 0.4) is 0 Å². The first-order valence-electron chi connectivity index (χ1n) is 5.99. The molecule has 0 amide bonds. The smallest absolute Gasteiger partial charge is 0.141 e. The van der Waals surface area contributed by atoms with Crippen molar-refractivity contribution >= 4 is 50.7 Å². The van der Waals surface area contributed by atoms with Crippen molar-refractivity contribution in [2.45, 2.75) is 5.38 Å². The molecule has 0 radical (unpaired) electrons. The molecule has 112 valence electrons. The lowest BCUT2D eigenvalue weighted by Crippen LogP contribution is -2.00. The number of hydrogen-bond donors (Lipinski definition) is 0. The lowest BCUT2D eigenvalue weighted by atomic mass is 10.0. The van der Waals surface area contributed by atoms with Crippen molar-refractivity contribution in [3.05, 3.63) is 56.0 Å². The number of hydrogen-bond acceptors (Lipinski definition) is 2. The van der Waals surface area contributed by atoms with E-state index >= 15 is 0 Å². The summed E-state index contributed by atoms with van der Waals surface area (Å²) >= 11 is 22.3. The molecular weight excluding hydrogens is 398 g/mol. The van der Waals surface area contributed by atoms with Gasteiger partial charge in [0, 0.05) is 5.56 Å². The summed E-state index contributed by atoms with van der Waals surface area (Å²) in [5.41, 5.74) is 1.50. The minimum Gasteiger partial charge on any atom is -0.495 e. The van der Waals surface area contributed by atoms with Gasteiger partial charge >= 0.3 is 0 Å². The van der Waals surface area contributed by atoms with Crippen molar-refractivity contribution in [3.8, 4) is 11.5 Å². The number of ether oxygens (including phenoxy) is 2. The van der Waals surface area contributed by atoms with Crippen molar-refractivity contribution < 1.29 is 9.47 Å². The summed E-state index contributed by atoms with van der Waals surface area (Å²) in [6.45, 7) is 0. The molecule has 0 aromatic heterocycles. The fourth-order valence-corrected chi connectivity index (χ4v) is 3.51. The van der Waals surface area contributed by atoms with Gasteiger partial charge in [0.1, 0.15) is 16.0 Å². The van der Waals surface area contributed by atoms with Crippen LogP contribution in [0.5, 0.6) is 11.5 Å². The second-order valence-corrected chi connectivity index (χ2v) is 6.22. The monoisotopic (exact) mass is 408 g/mol. The quantitative estimate of drug-likeness (QED) is 0.567. The van der Waals surface area contributed by atoms with Crippen molar-refractivity contribution in [1.29, 1.82) is 0 Å². The molecule has 1 atom stereocenters. The fourth-order valence-electron chi connectivity index (χ4n) is 2.00. The van der Waals surface area contributed by atoms with Gasteiger partial charge in [0.05, 0.1) is 29.6 Å². The molecule has 6 heteroatoms. The van der Waals surface area contributed by atoms with Gasteiger partial charge in [-0.3, -0.25) is 0 Å². The first-order valence-corrected chi connectivity index (χ1v) is 7.98. The van der Waals surface area contributed by atoms with Gasteiger partial charge in [0.15, 0.2) is 0 Å². The van der Waals surface area contributed by atoms with Gasteiger partial charge in [-0.2, -0.15) is 0 Å². The van der Waals surface area contributed by atoms with E-state index < -0.39 is 5.38 Å². The van der Waals surface area contributed by atoms with E-state index in [1.54, 1.807) is 20.3 Å². The lowest BCUT2D eigenvalue weighted by Gasteiger charge is -2.18. The topological polar surface area (TPSA) is 18.5 Å². The Morgan fingerprint density at radius 1 is 1.00 bits per heavy atom. The molecule has 2 aromatic carbocycles. The summed E-state index contributed by atoms with van der Waals surface area (Å²) in [5, 5.41) is 0.410. The van der Waals surface area contributed by atoms with E-state index in [9.17, 15) is 0 Å². The highest BCUT2D eigenvalue weighted by molar-refractivity contribution is 9.10. The Balaban J connectivity index is 2.56. The normalized spacial score (nSPS) is 12.1. The SMILES string of the molecule is COc1ccc(C(Cl)c2cccc(Cl)c2Cl)c(OC)c1Br. The number of benzene rings is 2. The largest absolute Gasteiger partial charge is 0.495 e. The number of halogens is 4. The minimum atomic E-state index is -0.492. The maximum atomic E-state index is 6.58. The molecule has 21 heavy (non-hydrogen) atoms. The zero-order chi connectivity index (χ0) is 15.6. The fraction of sp³-hybridized carbons (Fsp3) is 0.200. The average molecular weight is 411 g/mol. The van der Waals surface area contributed by atoms with Crippen molar-refractivity contribution in [2.24, 2.45) is 0 Å². The Bertz CT molecular complexity index is 662. The van der Waals surface area contributed by atoms with Crippen LogP contribution in [0.1, 0.15) is 16.5 Å². The van der Waals surface area contributed by atoms with Gasteiger partial charge < -0.3 is 9.47 Å². The van der Waals surface area contributed by atoms with Crippen LogP contribution in [-0.4, -0.2) is 14.2 Å².